The van der Waals surface area contributed by atoms with Crippen LogP contribution >= 0.6 is 0 Å². The van der Waals surface area contributed by atoms with Gasteiger partial charge >= 0.3 is 5.97 Å². The lowest BCUT2D eigenvalue weighted by Gasteiger charge is -2.22. The number of fused-ring (bicyclic) bond motifs is 1. The van der Waals surface area contributed by atoms with Crippen molar-refractivity contribution in [3.05, 3.63) is 29.3 Å². The lowest BCUT2D eigenvalue weighted by Crippen LogP contribution is -2.33. The van der Waals surface area contributed by atoms with Crippen molar-refractivity contribution in [2.45, 2.75) is 19.8 Å². The normalized spacial score (nSPS) is 18.6. The molecule has 1 aliphatic rings. The number of ether oxygens (including phenoxy) is 1. The zero-order valence-electron chi connectivity index (χ0n) is 9.60. The number of ketones is 1. The first-order valence-electron chi connectivity index (χ1n) is 5.62. The Morgan fingerprint density at radius 2 is 2.24 bits per heavy atom. The molecule has 1 unspecified atom stereocenters. The van der Waals surface area contributed by atoms with Gasteiger partial charge in [-0.15, -0.1) is 0 Å². The molecule has 0 fully saturated rings. The third kappa shape index (κ3) is 2.30. The standard InChI is InChI=1S/C13H14O4/c1-2-17-13(16)11-6-8-3-4-10(14)5-9(8)7-12(11)15/h3-5,11,14H,2,6-7H2,1H3. The van der Waals surface area contributed by atoms with Gasteiger partial charge in [0.2, 0.25) is 0 Å². The number of phenols is 1. The molecule has 0 amide bonds. The lowest BCUT2D eigenvalue weighted by molar-refractivity contribution is -0.151. The predicted octanol–water partition coefficient (Wildman–Crippen LogP) is 1.24. The minimum Gasteiger partial charge on any atom is -0.508 e. The molecule has 0 saturated heterocycles. The molecular weight excluding hydrogens is 220 g/mol. The minimum atomic E-state index is -0.688. The molecule has 1 aromatic rings. The molecule has 1 aromatic carbocycles. The number of benzene rings is 1. The molecule has 17 heavy (non-hydrogen) atoms. The van der Waals surface area contributed by atoms with Gasteiger partial charge < -0.3 is 9.84 Å². The highest BCUT2D eigenvalue weighted by molar-refractivity contribution is 6.01. The summed E-state index contributed by atoms with van der Waals surface area (Å²) in [5.74, 6) is -1.13. The van der Waals surface area contributed by atoms with E-state index in [1.807, 2.05) is 0 Å². The first-order chi connectivity index (χ1) is 8.11. The Morgan fingerprint density at radius 1 is 1.47 bits per heavy atom. The highest BCUT2D eigenvalue weighted by Crippen LogP contribution is 2.26. The van der Waals surface area contributed by atoms with Gasteiger partial charge in [0.1, 0.15) is 11.7 Å². The predicted molar refractivity (Wildman–Crippen MR) is 60.6 cm³/mol. The number of hydrogen-bond acceptors (Lipinski definition) is 4. The van der Waals surface area contributed by atoms with Crippen LogP contribution in [0.4, 0.5) is 0 Å². The van der Waals surface area contributed by atoms with Crippen LogP contribution in [-0.4, -0.2) is 23.5 Å². The summed E-state index contributed by atoms with van der Waals surface area (Å²) in [5.41, 5.74) is 1.73. The Labute approximate surface area is 99.2 Å². The largest absolute Gasteiger partial charge is 0.508 e. The van der Waals surface area contributed by atoms with E-state index in [0.29, 0.717) is 6.42 Å². The van der Waals surface area contributed by atoms with Gasteiger partial charge in [-0.1, -0.05) is 6.07 Å². The van der Waals surface area contributed by atoms with Crippen LogP contribution in [-0.2, 0) is 27.2 Å². The highest BCUT2D eigenvalue weighted by atomic mass is 16.5. The average molecular weight is 234 g/mol. The topological polar surface area (TPSA) is 63.6 Å². The first-order valence-corrected chi connectivity index (χ1v) is 5.62. The summed E-state index contributed by atoms with van der Waals surface area (Å²) < 4.78 is 4.88. The zero-order chi connectivity index (χ0) is 12.4. The van der Waals surface area contributed by atoms with E-state index in [1.165, 1.54) is 0 Å². The van der Waals surface area contributed by atoms with Gasteiger partial charge in [-0.25, -0.2) is 0 Å². The third-order valence-corrected chi connectivity index (χ3v) is 2.94. The number of carbonyl (C=O) groups excluding carboxylic acids is 2. The van der Waals surface area contributed by atoms with E-state index in [2.05, 4.69) is 0 Å². The minimum absolute atomic E-state index is 0.137. The van der Waals surface area contributed by atoms with Crippen molar-refractivity contribution in [1.82, 2.24) is 0 Å². The first kappa shape index (κ1) is 11.6. The second kappa shape index (κ2) is 4.57. The van der Waals surface area contributed by atoms with Crippen LogP contribution < -0.4 is 0 Å². The number of carbonyl (C=O) groups is 2. The van der Waals surface area contributed by atoms with Crippen molar-refractivity contribution in [1.29, 1.82) is 0 Å². The molecule has 4 nitrogen and oxygen atoms in total. The maximum Gasteiger partial charge on any atom is 0.316 e. The van der Waals surface area contributed by atoms with Crippen molar-refractivity contribution in [2.75, 3.05) is 6.61 Å². The van der Waals surface area contributed by atoms with Crippen LogP contribution in [0.3, 0.4) is 0 Å². The second-order valence-corrected chi connectivity index (χ2v) is 4.10. The summed E-state index contributed by atoms with van der Waals surface area (Å²) >= 11 is 0. The van der Waals surface area contributed by atoms with E-state index >= 15 is 0 Å². The van der Waals surface area contributed by atoms with Crippen LogP contribution in [0.2, 0.25) is 0 Å². The number of Topliss-reactive ketones (excluding diaryl/α,β-unsaturated/α-hetero) is 1. The maximum absolute atomic E-state index is 11.8. The molecule has 4 heteroatoms. The summed E-state index contributed by atoms with van der Waals surface area (Å²) in [6, 6.07) is 4.90. The molecule has 0 saturated carbocycles. The molecule has 1 atom stereocenters. The smallest absolute Gasteiger partial charge is 0.316 e. The Morgan fingerprint density at radius 3 is 2.94 bits per heavy atom. The fraction of sp³-hybridized carbons (Fsp3) is 0.385. The monoisotopic (exact) mass is 234 g/mol. The van der Waals surface area contributed by atoms with Crippen molar-refractivity contribution < 1.29 is 19.4 Å². The average Bonchev–Trinajstić information content (AvgIpc) is 2.28. The molecular formula is C13H14O4. The van der Waals surface area contributed by atoms with Gasteiger partial charge in [-0.3, -0.25) is 9.59 Å². The number of aromatic hydroxyl groups is 1. The summed E-state index contributed by atoms with van der Waals surface area (Å²) in [6.07, 6.45) is 0.556. The number of esters is 1. The molecule has 0 aliphatic heterocycles. The Kier molecular flexibility index (Phi) is 3.13. The van der Waals surface area contributed by atoms with E-state index in [1.54, 1.807) is 25.1 Å². The van der Waals surface area contributed by atoms with Crippen molar-refractivity contribution in [3.8, 4) is 5.75 Å². The van der Waals surface area contributed by atoms with Gasteiger partial charge in [0.15, 0.2) is 5.78 Å². The molecule has 0 radical (unpaired) electrons. The van der Waals surface area contributed by atoms with E-state index in [0.717, 1.165) is 11.1 Å². The highest BCUT2D eigenvalue weighted by Gasteiger charge is 2.33. The second-order valence-electron chi connectivity index (χ2n) is 4.10. The quantitative estimate of drug-likeness (QED) is 0.617. The Hall–Kier alpha value is -1.84. The number of rotatable bonds is 2. The van der Waals surface area contributed by atoms with E-state index < -0.39 is 11.9 Å². The molecule has 90 valence electrons. The van der Waals surface area contributed by atoms with Gasteiger partial charge in [0.25, 0.3) is 0 Å². The van der Waals surface area contributed by atoms with Gasteiger partial charge in [0, 0.05) is 6.42 Å². The van der Waals surface area contributed by atoms with Crippen LogP contribution in [0.5, 0.6) is 5.75 Å². The molecule has 2 rings (SSSR count). The summed E-state index contributed by atoms with van der Waals surface area (Å²) in [7, 11) is 0. The summed E-state index contributed by atoms with van der Waals surface area (Å²) in [4.78, 5) is 23.4. The SMILES string of the molecule is CCOC(=O)C1Cc2ccc(O)cc2CC1=O. The number of phenolic OH excluding ortho intramolecular Hbond substituents is 1. The molecule has 1 aliphatic carbocycles. The lowest BCUT2D eigenvalue weighted by atomic mass is 9.83. The van der Waals surface area contributed by atoms with Crippen LogP contribution in [0.1, 0.15) is 18.1 Å². The van der Waals surface area contributed by atoms with E-state index in [9.17, 15) is 14.7 Å². The maximum atomic E-state index is 11.8. The van der Waals surface area contributed by atoms with Crippen molar-refractivity contribution >= 4 is 11.8 Å². The summed E-state index contributed by atoms with van der Waals surface area (Å²) in [5, 5.41) is 9.33. The molecule has 0 bridgehead atoms. The molecule has 1 N–H and O–H groups in total. The fourth-order valence-corrected chi connectivity index (χ4v) is 2.08. The molecule has 0 aromatic heterocycles. The van der Waals surface area contributed by atoms with E-state index in [-0.39, 0.29) is 24.6 Å². The van der Waals surface area contributed by atoms with Crippen LogP contribution in [0.25, 0.3) is 0 Å². The van der Waals surface area contributed by atoms with Gasteiger partial charge in [0.05, 0.1) is 6.61 Å². The Bertz CT molecular complexity index is 464. The van der Waals surface area contributed by atoms with Crippen LogP contribution in [0, 0.1) is 5.92 Å². The fourth-order valence-electron chi connectivity index (χ4n) is 2.08. The number of hydrogen-bond donors (Lipinski definition) is 1. The van der Waals surface area contributed by atoms with Crippen molar-refractivity contribution in [2.24, 2.45) is 5.92 Å². The van der Waals surface area contributed by atoms with Gasteiger partial charge in [-0.05, 0) is 36.6 Å². The van der Waals surface area contributed by atoms with Crippen LogP contribution in [0.15, 0.2) is 18.2 Å². The van der Waals surface area contributed by atoms with Crippen molar-refractivity contribution in [3.63, 3.8) is 0 Å². The third-order valence-electron chi connectivity index (χ3n) is 2.94. The summed E-state index contributed by atoms with van der Waals surface area (Å²) in [6.45, 7) is 2.00. The molecule has 0 heterocycles. The zero-order valence-corrected chi connectivity index (χ0v) is 9.60. The van der Waals surface area contributed by atoms with Gasteiger partial charge in [-0.2, -0.15) is 0 Å². The molecule has 0 spiro atoms. The van der Waals surface area contributed by atoms with E-state index in [4.69, 9.17) is 4.74 Å². The Balaban J connectivity index is 2.24.